The van der Waals surface area contributed by atoms with E-state index >= 15 is 0 Å². The molecule has 6 rings (SSSR count). The van der Waals surface area contributed by atoms with Gasteiger partial charge in [0.15, 0.2) is 0 Å². The molecule has 0 aromatic heterocycles. The average molecular weight is 348 g/mol. The van der Waals surface area contributed by atoms with Gasteiger partial charge in [-0.2, -0.15) is 0 Å². The van der Waals surface area contributed by atoms with Crippen LogP contribution >= 0.6 is 0 Å². The van der Waals surface area contributed by atoms with Crippen molar-refractivity contribution in [2.24, 2.45) is 23.7 Å². The quantitative estimate of drug-likeness (QED) is 0.777. The molecule has 0 saturated heterocycles. The Morgan fingerprint density at radius 1 is 0.731 bits per heavy atom. The zero-order chi connectivity index (χ0) is 17.3. The van der Waals surface area contributed by atoms with Gasteiger partial charge < -0.3 is 10.1 Å². The summed E-state index contributed by atoms with van der Waals surface area (Å²) in [4.78, 5) is 0. The summed E-state index contributed by atoms with van der Waals surface area (Å²) in [6.07, 6.45) is 7.46. The number of nitrogens with one attached hydrogen (secondary N) is 1. The van der Waals surface area contributed by atoms with Gasteiger partial charge in [-0.1, -0.05) is 42.5 Å². The first-order valence-electron chi connectivity index (χ1n) is 10.3. The van der Waals surface area contributed by atoms with Gasteiger partial charge in [0.05, 0.1) is 0 Å². The van der Waals surface area contributed by atoms with Crippen LogP contribution < -0.4 is 10.1 Å². The molecule has 1 N–H and O–H groups in total. The van der Waals surface area contributed by atoms with Crippen LogP contribution in [0.1, 0.15) is 43.2 Å². The summed E-state index contributed by atoms with van der Waals surface area (Å²) in [6.45, 7) is 1.62. The van der Waals surface area contributed by atoms with Crippen molar-refractivity contribution in [1.82, 2.24) is 5.32 Å². The molecule has 2 heteroatoms. The first-order chi connectivity index (χ1) is 12.8. The van der Waals surface area contributed by atoms with Crippen LogP contribution in [0.3, 0.4) is 0 Å². The Hall–Kier alpha value is -1.80. The van der Waals surface area contributed by atoms with E-state index in [2.05, 4.69) is 53.8 Å². The smallest absolute Gasteiger partial charge is 0.119 e. The van der Waals surface area contributed by atoms with E-state index in [9.17, 15) is 0 Å². The van der Waals surface area contributed by atoms with Gasteiger partial charge in [-0.25, -0.2) is 0 Å². The summed E-state index contributed by atoms with van der Waals surface area (Å²) >= 11 is 0. The summed E-state index contributed by atoms with van der Waals surface area (Å²) < 4.78 is 5.90. The van der Waals surface area contributed by atoms with E-state index in [1.54, 1.807) is 0 Å². The zero-order valence-corrected chi connectivity index (χ0v) is 15.4. The highest BCUT2D eigenvalue weighted by Crippen LogP contribution is 2.53. The van der Waals surface area contributed by atoms with Gasteiger partial charge in [0.2, 0.25) is 0 Å². The number of benzene rings is 2. The molecule has 2 aromatic rings. The zero-order valence-electron chi connectivity index (χ0n) is 15.4. The van der Waals surface area contributed by atoms with Crippen LogP contribution in [0.4, 0.5) is 0 Å². The topological polar surface area (TPSA) is 21.3 Å². The van der Waals surface area contributed by atoms with Crippen molar-refractivity contribution in [2.45, 2.75) is 51.3 Å². The molecular weight excluding hydrogens is 318 g/mol. The molecule has 0 amide bonds. The van der Waals surface area contributed by atoms with E-state index < -0.39 is 0 Å². The van der Waals surface area contributed by atoms with E-state index in [0.29, 0.717) is 6.61 Å². The summed E-state index contributed by atoms with van der Waals surface area (Å²) in [6, 6.07) is 19.7. The van der Waals surface area contributed by atoms with Crippen molar-refractivity contribution >= 4 is 0 Å². The van der Waals surface area contributed by atoms with Gasteiger partial charge in [-0.15, -0.1) is 0 Å². The molecule has 0 heterocycles. The molecule has 4 saturated carbocycles. The molecule has 4 aliphatic carbocycles. The van der Waals surface area contributed by atoms with E-state index in [1.807, 2.05) is 6.07 Å². The Labute approximate surface area is 157 Å². The first kappa shape index (κ1) is 16.4. The third-order valence-electron chi connectivity index (χ3n) is 6.94. The summed E-state index contributed by atoms with van der Waals surface area (Å²) in [5.41, 5.74) is 2.57. The second-order valence-corrected chi connectivity index (χ2v) is 8.76. The monoisotopic (exact) mass is 347 g/mol. The standard InChI is InChI=1S/C24H29NO/c1-2-4-18(5-3-1)16-26-23-8-6-17(7-9-23)15-25-24-21-11-19-10-20(13-21)14-22(24)12-19/h1-9,19-22,24-25H,10-16H2. The summed E-state index contributed by atoms with van der Waals surface area (Å²) in [5.74, 6) is 4.94. The van der Waals surface area contributed by atoms with Crippen molar-refractivity contribution < 1.29 is 4.74 Å². The highest BCUT2D eigenvalue weighted by Gasteiger charge is 2.47. The molecule has 4 aliphatic rings. The second kappa shape index (κ2) is 7.08. The highest BCUT2D eigenvalue weighted by atomic mass is 16.5. The fourth-order valence-electron chi connectivity index (χ4n) is 5.94. The van der Waals surface area contributed by atoms with Crippen LogP contribution in [0.2, 0.25) is 0 Å². The second-order valence-electron chi connectivity index (χ2n) is 8.76. The minimum Gasteiger partial charge on any atom is -0.489 e. The Morgan fingerprint density at radius 2 is 1.38 bits per heavy atom. The van der Waals surface area contributed by atoms with Gasteiger partial charge in [0.1, 0.15) is 12.4 Å². The molecule has 4 bridgehead atoms. The minimum atomic E-state index is 0.631. The maximum Gasteiger partial charge on any atom is 0.119 e. The minimum absolute atomic E-state index is 0.631. The van der Waals surface area contributed by atoms with Crippen LogP contribution in [0.5, 0.6) is 5.75 Å². The van der Waals surface area contributed by atoms with E-state index in [1.165, 1.54) is 43.2 Å². The molecule has 26 heavy (non-hydrogen) atoms. The molecule has 0 atom stereocenters. The fraction of sp³-hybridized carbons (Fsp3) is 0.500. The van der Waals surface area contributed by atoms with Crippen molar-refractivity contribution in [1.29, 1.82) is 0 Å². The third kappa shape index (κ3) is 3.40. The molecule has 136 valence electrons. The number of rotatable bonds is 6. The number of ether oxygens (including phenoxy) is 1. The Bertz CT molecular complexity index is 696. The Kier molecular flexibility index (Phi) is 4.46. The molecule has 0 radical (unpaired) electrons. The maximum atomic E-state index is 5.90. The van der Waals surface area contributed by atoms with Crippen LogP contribution in [0.15, 0.2) is 54.6 Å². The number of hydrogen-bond donors (Lipinski definition) is 1. The lowest BCUT2D eigenvalue weighted by Crippen LogP contribution is -2.54. The largest absolute Gasteiger partial charge is 0.489 e. The molecule has 4 fully saturated rings. The van der Waals surface area contributed by atoms with E-state index in [4.69, 9.17) is 4.74 Å². The molecule has 0 unspecified atom stereocenters. The van der Waals surface area contributed by atoms with Crippen molar-refractivity contribution in [3.63, 3.8) is 0 Å². The van der Waals surface area contributed by atoms with Crippen molar-refractivity contribution in [2.75, 3.05) is 0 Å². The first-order valence-corrected chi connectivity index (χ1v) is 10.3. The van der Waals surface area contributed by atoms with E-state index in [-0.39, 0.29) is 0 Å². The maximum absolute atomic E-state index is 5.90. The highest BCUT2D eigenvalue weighted by molar-refractivity contribution is 5.28. The summed E-state index contributed by atoms with van der Waals surface area (Å²) in [5, 5.41) is 3.92. The van der Waals surface area contributed by atoms with Gasteiger partial charge in [0, 0.05) is 12.6 Å². The van der Waals surface area contributed by atoms with Gasteiger partial charge in [-0.3, -0.25) is 0 Å². The SMILES string of the molecule is c1ccc(COc2ccc(CNC3C4CC5CC(C4)CC3C5)cc2)cc1. The Balaban J connectivity index is 1.14. The lowest BCUT2D eigenvalue weighted by Gasteiger charge is -2.54. The molecule has 2 nitrogen and oxygen atoms in total. The van der Waals surface area contributed by atoms with Gasteiger partial charge >= 0.3 is 0 Å². The average Bonchev–Trinajstić information content (AvgIpc) is 2.67. The fourth-order valence-corrected chi connectivity index (χ4v) is 5.94. The molecule has 0 spiro atoms. The molecule has 0 aliphatic heterocycles. The predicted molar refractivity (Wildman–Crippen MR) is 105 cm³/mol. The lowest BCUT2D eigenvalue weighted by atomic mass is 9.54. The number of hydrogen-bond acceptors (Lipinski definition) is 2. The normalized spacial score (nSPS) is 31.9. The molecule has 2 aromatic carbocycles. The predicted octanol–water partition coefficient (Wildman–Crippen LogP) is 5.18. The lowest BCUT2D eigenvalue weighted by molar-refractivity contribution is -0.0142. The van der Waals surface area contributed by atoms with Crippen molar-refractivity contribution in [3.05, 3.63) is 65.7 Å². The van der Waals surface area contributed by atoms with Crippen LogP contribution in [-0.2, 0) is 13.2 Å². The van der Waals surface area contributed by atoms with Crippen molar-refractivity contribution in [3.8, 4) is 5.75 Å². The Morgan fingerprint density at radius 3 is 2.04 bits per heavy atom. The molecular formula is C24H29NO. The van der Waals surface area contributed by atoms with Crippen LogP contribution in [-0.4, -0.2) is 6.04 Å². The van der Waals surface area contributed by atoms with Crippen LogP contribution in [0, 0.1) is 23.7 Å². The third-order valence-corrected chi connectivity index (χ3v) is 6.94. The van der Waals surface area contributed by atoms with Gasteiger partial charge in [-0.05, 0) is 79.0 Å². The van der Waals surface area contributed by atoms with E-state index in [0.717, 1.165) is 42.0 Å². The van der Waals surface area contributed by atoms with Gasteiger partial charge in [0.25, 0.3) is 0 Å². The summed E-state index contributed by atoms with van der Waals surface area (Å²) in [7, 11) is 0. The van der Waals surface area contributed by atoms with Crippen LogP contribution in [0.25, 0.3) is 0 Å².